The van der Waals surface area contributed by atoms with E-state index in [1.165, 1.54) is 5.01 Å². The molecule has 3 heterocycles. The monoisotopic (exact) mass is 440 g/mol. The molecule has 0 atom stereocenters. The Morgan fingerprint density at radius 3 is 2.35 bits per heavy atom. The average Bonchev–Trinajstić information content (AvgIpc) is 3.23. The molecule has 0 spiro atoms. The summed E-state index contributed by atoms with van der Waals surface area (Å²) in [5.41, 5.74) is 2.79. The van der Waals surface area contributed by atoms with E-state index in [1.54, 1.807) is 11.3 Å². The van der Waals surface area contributed by atoms with E-state index in [0.29, 0.717) is 12.0 Å². The summed E-state index contributed by atoms with van der Waals surface area (Å²) in [5, 5.41) is 3.33. The molecule has 2 aliphatic rings. The molecular weight excluding hydrogens is 408 g/mol. The maximum absolute atomic E-state index is 12.9. The lowest BCUT2D eigenvalue weighted by Gasteiger charge is -2.34. The molecule has 1 aromatic carbocycles. The van der Waals surface area contributed by atoms with Crippen LogP contribution in [0.2, 0.25) is 0 Å². The fraction of sp³-hybridized carbons (Fsp3) is 0.542. The van der Waals surface area contributed by atoms with Crippen LogP contribution in [0.1, 0.15) is 61.1 Å². The fourth-order valence-electron chi connectivity index (χ4n) is 4.11. The van der Waals surface area contributed by atoms with Crippen molar-refractivity contribution in [3.8, 4) is 0 Å². The Bertz CT molecular complexity index is 924. The molecule has 2 saturated heterocycles. The van der Waals surface area contributed by atoms with Gasteiger partial charge in [-0.3, -0.25) is 14.5 Å². The second kappa shape index (κ2) is 9.09. The number of carbonyl (C=O) groups excluding carboxylic acids is 2. The van der Waals surface area contributed by atoms with E-state index in [9.17, 15) is 9.59 Å². The van der Waals surface area contributed by atoms with Crippen LogP contribution in [-0.4, -0.2) is 59.3 Å². The molecule has 0 N–H and O–H groups in total. The first-order valence-corrected chi connectivity index (χ1v) is 12.1. The van der Waals surface area contributed by atoms with Crippen molar-refractivity contribution >= 4 is 28.8 Å². The van der Waals surface area contributed by atoms with Gasteiger partial charge in [-0.25, -0.2) is 4.98 Å². The number of piperidine rings is 1. The van der Waals surface area contributed by atoms with Crippen LogP contribution in [0.4, 0.5) is 5.69 Å². The Balaban J connectivity index is 1.31. The van der Waals surface area contributed by atoms with Gasteiger partial charge in [-0.1, -0.05) is 20.8 Å². The number of carbonyl (C=O) groups is 2. The molecule has 4 rings (SSSR count). The topological polar surface area (TPSA) is 56.8 Å². The lowest BCUT2D eigenvalue weighted by atomic mass is 9.98. The minimum absolute atomic E-state index is 0.0693. The highest BCUT2D eigenvalue weighted by molar-refractivity contribution is 7.09. The fourth-order valence-corrected chi connectivity index (χ4v) is 5.01. The van der Waals surface area contributed by atoms with Crippen LogP contribution in [0.15, 0.2) is 29.6 Å². The van der Waals surface area contributed by atoms with E-state index in [-0.39, 0.29) is 17.2 Å². The van der Waals surface area contributed by atoms with Gasteiger partial charge >= 0.3 is 0 Å². The number of aromatic nitrogens is 1. The Morgan fingerprint density at radius 1 is 1.03 bits per heavy atom. The molecule has 2 amide bonds. The molecule has 0 unspecified atom stereocenters. The number of anilines is 1. The summed E-state index contributed by atoms with van der Waals surface area (Å²) < 4.78 is 0. The molecule has 0 radical (unpaired) electrons. The molecular formula is C24H32N4O2S. The summed E-state index contributed by atoms with van der Waals surface area (Å²) in [6.07, 6.45) is 2.62. The quantitative estimate of drug-likeness (QED) is 0.723. The van der Waals surface area contributed by atoms with Crippen LogP contribution >= 0.6 is 11.3 Å². The van der Waals surface area contributed by atoms with E-state index >= 15 is 0 Å². The zero-order valence-electron chi connectivity index (χ0n) is 18.8. The van der Waals surface area contributed by atoms with Gasteiger partial charge in [-0.05, 0) is 37.1 Å². The SMILES string of the molecule is CC(C)(C)c1nc(CN2CCN(C(=O)c3ccc(N4CCCCC4=O)cc3)CC2)cs1. The van der Waals surface area contributed by atoms with E-state index in [4.69, 9.17) is 4.98 Å². The first-order chi connectivity index (χ1) is 14.8. The molecule has 1 aromatic heterocycles. The van der Waals surface area contributed by atoms with Crippen molar-refractivity contribution in [1.29, 1.82) is 0 Å². The van der Waals surface area contributed by atoms with E-state index in [2.05, 4.69) is 31.1 Å². The molecule has 0 bridgehead atoms. The first-order valence-electron chi connectivity index (χ1n) is 11.2. The van der Waals surface area contributed by atoms with Crippen LogP contribution in [0, 0.1) is 0 Å². The predicted molar refractivity (Wildman–Crippen MR) is 125 cm³/mol. The van der Waals surface area contributed by atoms with Gasteiger partial charge in [0.15, 0.2) is 0 Å². The third kappa shape index (κ3) is 5.15. The van der Waals surface area contributed by atoms with Crippen molar-refractivity contribution in [2.75, 3.05) is 37.6 Å². The summed E-state index contributed by atoms with van der Waals surface area (Å²) in [7, 11) is 0. The van der Waals surface area contributed by atoms with Crippen molar-refractivity contribution in [1.82, 2.24) is 14.8 Å². The Kier molecular flexibility index (Phi) is 6.44. The van der Waals surface area contributed by atoms with Gasteiger partial charge in [-0.2, -0.15) is 0 Å². The van der Waals surface area contributed by atoms with Gasteiger partial charge < -0.3 is 9.80 Å². The molecule has 2 aliphatic heterocycles. The Labute approximate surface area is 188 Å². The average molecular weight is 441 g/mol. The summed E-state index contributed by atoms with van der Waals surface area (Å²) in [6, 6.07) is 7.52. The molecule has 6 nitrogen and oxygen atoms in total. The number of rotatable bonds is 4. The number of amides is 2. The lowest BCUT2D eigenvalue weighted by Crippen LogP contribution is -2.48. The van der Waals surface area contributed by atoms with Crippen molar-refractivity contribution < 1.29 is 9.59 Å². The minimum Gasteiger partial charge on any atom is -0.336 e. The highest BCUT2D eigenvalue weighted by atomic mass is 32.1. The van der Waals surface area contributed by atoms with Gasteiger partial charge in [-0.15, -0.1) is 11.3 Å². The number of piperazine rings is 1. The second-order valence-corrected chi connectivity index (χ2v) is 10.4. The molecule has 0 saturated carbocycles. The molecule has 31 heavy (non-hydrogen) atoms. The van der Waals surface area contributed by atoms with Gasteiger partial charge in [0.25, 0.3) is 5.91 Å². The molecule has 2 aromatic rings. The minimum atomic E-state index is 0.0693. The molecule has 166 valence electrons. The number of hydrogen-bond donors (Lipinski definition) is 0. The largest absolute Gasteiger partial charge is 0.336 e. The van der Waals surface area contributed by atoms with Crippen LogP contribution < -0.4 is 4.90 Å². The summed E-state index contributed by atoms with van der Waals surface area (Å²) in [5.74, 6) is 0.246. The first kappa shape index (κ1) is 22.0. The van der Waals surface area contributed by atoms with Gasteiger partial charge in [0.05, 0.1) is 10.7 Å². The number of thiazole rings is 1. The molecule has 2 fully saturated rings. The third-order valence-electron chi connectivity index (χ3n) is 5.99. The maximum atomic E-state index is 12.9. The maximum Gasteiger partial charge on any atom is 0.253 e. The van der Waals surface area contributed by atoms with Crippen LogP contribution in [0.3, 0.4) is 0 Å². The van der Waals surface area contributed by atoms with Crippen LogP contribution in [0.25, 0.3) is 0 Å². The highest BCUT2D eigenvalue weighted by Gasteiger charge is 2.25. The Morgan fingerprint density at radius 2 is 1.74 bits per heavy atom. The van der Waals surface area contributed by atoms with Crippen molar-refractivity contribution in [2.45, 2.75) is 52.0 Å². The van der Waals surface area contributed by atoms with Gasteiger partial charge in [0.2, 0.25) is 5.91 Å². The smallest absolute Gasteiger partial charge is 0.253 e. The highest BCUT2D eigenvalue weighted by Crippen LogP contribution is 2.26. The zero-order chi connectivity index (χ0) is 22.0. The Hall–Kier alpha value is -2.25. The summed E-state index contributed by atoms with van der Waals surface area (Å²) >= 11 is 1.73. The second-order valence-electron chi connectivity index (χ2n) is 9.51. The van der Waals surface area contributed by atoms with Crippen molar-refractivity contribution in [3.05, 3.63) is 45.9 Å². The summed E-state index contributed by atoms with van der Waals surface area (Å²) in [6.45, 7) is 11.3. The van der Waals surface area contributed by atoms with E-state index < -0.39 is 0 Å². The normalized spacial score (nSPS) is 18.5. The standard InChI is InChI=1S/C24H32N4O2S/c1-24(2,3)23-25-19(17-31-23)16-26-12-14-27(15-13-26)22(30)18-7-9-20(10-8-18)28-11-5-4-6-21(28)29/h7-10,17H,4-6,11-16H2,1-3H3. The number of hydrogen-bond acceptors (Lipinski definition) is 5. The molecule has 0 aliphatic carbocycles. The predicted octanol–water partition coefficient (Wildman–Crippen LogP) is 3.92. The lowest BCUT2D eigenvalue weighted by molar-refractivity contribution is -0.119. The summed E-state index contributed by atoms with van der Waals surface area (Å²) in [4.78, 5) is 36.0. The van der Waals surface area contributed by atoms with Crippen molar-refractivity contribution in [2.24, 2.45) is 0 Å². The van der Waals surface area contributed by atoms with Gasteiger partial charge in [0.1, 0.15) is 0 Å². The van der Waals surface area contributed by atoms with Crippen molar-refractivity contribution in [3.63, 3.8) is 0 Å². The van der Waals surface area contributed by atoms with Crippen LogP contribution in [-0.2, 0) is 16.8 Å². The van der Waals surface area contributed by atoms with E-state index in [1.807, 2.05) is 34.1 Å². The number of benzene rings is 1. The zero-order valence-corrected chi connectivity index (χ0v) is 19.6. The van der Waals surface area contributed by atoms with Crippen LogP contribution in [0.5, 0.6) is 0 Å². The van der Waals surface area contributed by atoms with E-state index in [0.717, 1.165) is 63.5 Å². The third-order valence-corrected chi connectivity index (χ3v) is 7.30. The number of nitrogens with zero attached hydrogens (tertiary/aromatic N) is 4. The molecule has 7 heteroatoms. The van der Waals surface area contributed by atoms with Gasteiger partial charge in [0, 0.05) is 67.7 Å².